The molecule has 7 heteroatoms. The summed E-state index contributed by atoms with van der Waals surface area (Å²) < 4.78 is 0. The second kappa shape index (κ2) is 7.12. The lowest BCUT2D eigenvalue weighted by Gasteiger charge is -2.32. The van der Waals surface area contributed by atoms with Crippen LogP contribution in [0.25, 0.3) is 0 Å². The molecule has 0 aromatic carbocycles. The van der Waals surface area contributed by atoms with Crippen molar-refractivity contribution in [1.29, 1.82) is 0 Å². The molecular formula is C13H23N3O4. The molecule has 1 aliphatic heterocycles. The van der Waals surface area contributed by atoms with E-state index >= 15 is 0 Å². The van der Waals surface area contributed by atoms with Crippen molar-refractivity contribution in [1.82, 2.24) is 10.2 Å². The van der Waals surface area contributed by atoms with E-state index in [1.807, 2.05) is 0 Å². The van der Waals surface area contributed by atoms with Gasteiger partial charge in [0.2, 0.25) is 5.91 Å². The standard InChI is InChI=1S/C13H23N3O4/c1-8(2)10(15-13(14)20)11(17)16-7-5-3-4-6-9(16)12(18)19/h8-10H,3-7H2,1-2H3,(H,18,19)(H3,14,15,20). The van der Waals surface area contributed by atoms with Crippen molar-refractivity contribution < 1.29 is 19.5 Å². The molecule has 0 bridgehead atoms. The number of hydrogen-bond acceptors (Lipinski definition) is 3. The third-order valence-corrected chi connectivity index (χ3v) is 3.55. The fourth-order valence-corrected chi connectivity index (χ4v) is 2.47. The Morgan fingerprint density at radius 1 is 1.25 bits per heavy atom. The summed E-state index contributed by atoms with van der Waals surface area (Å²) >= 11 is 0. The van der Waals surface area contributed by atoms with Crippen LogP contribution in [0.1, 0.15) is 39.5 Å². The zero-order valence-electron chi connectivity index (χ0n) is 12.0. The fourth-order valence-electron chi connectivity index (χ4n) is 2.47. The van der Waals surface area contributed by atoms with E-state index in [4.69, 9.17) is 5.73 Å². The van der Waals surface area contributed by atoms with E-state index in [0.29, 0.717) is 13.0 Å². The van der Waals surface area contributed by atoms with E-state index in [0.717, 1.165) is 19.3 Å². The quantitative estimate of drug-likeness (QED) is 0.699. The van der Waals surface area contributed by atoms with E-state index in [-0.39, 0.29) is 11.8 Å². The fraction of sp³-hybridized carbons (Fsp3) is 0.769. The third-order valence-electron chi connectivity index (χ3n) is 3.55. The first-order valence-corrected chi connectivity index (χ1v) is 6.93. The molecular weight excluding hydrogens is 262 g/mol. The van der Waals surface area contributed by atoms with Gasteiger partial charge in [-0.2, -0.15) is 0 Å². The number of urea groups is 1. The Morgan fingerprint density at radius 2 is 1.90 bits per heavy atom. The first-order valence-electron chi connectivity index (χ1n) is 6.93. The highest BCUT2D eigenvalue weighted by atomic mass is 16.4. The van der Waals surface area contributed by atoms with Crippen LogP contribution >= 0.6 is 0 Å². The number of aliphatic carboxylic acids is 1. The van der Waals surface area contributed by atoms with Crippen molar-refractivity contribution in [3.8, 4) is 0 Å². The van der Waals surface area contributed by atoms with Crippen LogP contribution in [0.2, 0.25) is 0 Å². The SMILES string of the molecule is CC(C)C(NC(N)=O)C(=O)N1CCCCCC1C(=O)O. The molecule has 4 N–H and O–H groups in total. The summed E-state index contributed by atoms with van der Waals surface area (Å²) in [4.78, 5) is 36.2. The lowest BCUT2D eigenvalue weighted by atomic mass is 10.0. The maximum Gasteiger partial charge on any atom is 0.326 e. The van der Waals surface area contributed by atoms with Crippen molar-refractivity contribution in [2.75, 3.05) is 6.54 Å². The number of carbonyl (C=O) groups excluding carboxylic acids is 2. The monoisotopic (exact) mass is 285 g/mol. The molecule has 2 unspecified atom stereocenters. The number of hydrogen-bond donors (Lipinski definition) is 3. The molecule has 3 amide bonds. The van der Waals surface area contributed by atoms with Crippen LogP contribution in [-0.2, 0) is 9.59 Å². The van der Waals surface area contributed by atoms with Gasteiger partial charge in [0.15, 0.2) is 0 Å². The summed E-state index contributed by atoms with van der Waals surface area (Å²) in [5.74, 6) is -1.53. The van der Waals surface area contributed by atoms with E-state index in [2.05, 4.69) is 5.32 Å². The number of rotatable bonds is 4. The van der Waals surface area contributed by atoms with Crippen LogP contribution in [0.4, 0.5) is 4.79 Å². The highest BCUT2D eigenvalue weighted by Gasteiger charge is 2.35. The molecule has 0 aromatic rings. The average Bonchev–Trinajstić information content (AvgIpc) is 2.59. The van der Waals surface area contributed by atoms with Crippen LogP contribution in [0.3, 0.4) is 0 Å². The summed E-state index contributed by atoms with van der Waals surface area (Å²) in [7, 11) is 0. The molecule has 1 fully saturated rings. The van der Waals surface area contributed by atoms with E-state index < -0.39 is 24.1 Å². The zero-order valence-corrected chi connectivity index (χ0v) is 12.0. The van der Waals surface area contributed by atoms with E-state index in [9.17, 15) is 19.5 Å². The molecule has 0 saturated carbocycles. The normalized spacial score (nSPS) is 21.1. The van der Waals surface area contributed by atoms with Crippen molar-refractivity contribution in [2.24, 2.45) is 11.7 Å². The molecule has 0 aliphatic carbocycles. The second-order valence-corrected chi connectivity index (χ2v) is 5.47. The lowest BCUT2D eigenvalue weighted by molar-refractivity contribution is -0.151. The van der Waals surface area contributed by atoms with Crippen LogP contribution < -0.4 is 11.1 Å². The molecule has 1 rings (SSSR count). The van der Waals surface area contributed by atoms with E-state index in [1.165, 1.54) is 4.90 Å². The minimum absolute atomic E-state index is 0.160. The molecule has 0 spiro atoms. The molecule has 1 heterocycles. The van der Waals surface area contributed by atoms with Crippen molar-refractivity contribution in [2.45, 2.75) is 51.6 Å². The summed E-state index contributed by atoms with van der Waals surface area (Å²) in [6.07, 6.45) is 2.92. The van der Waals surface area contributed by atoms with Gasteiger partial charge in [0.1, 0.15) is 12.1 Å². The van der Waals surface area contributed by atoms with Gasteiger partial charge >= 0.3 is 12.0 Å². The summed E-state index contributed by atoms with van der Waals surface area (Å²) in [5, 5.41) is 11.7. The Bertz CT molecular complexity index is 384. The van der Waals surface area contributed by atoms with Crippen molar-refractivity contribution in [3.05, 3.63) is 0 Å². The number of primary amides is 1. The first-order chi connectivity index (χ1) is 9.34. The lowest BCUT2D eigenvalue weighted by Crippen LogP contribution is -2.56. The van der Waals surface area contributed by atoms with Gasteiger partial charge in [-0.15, -0.1) is 0 Å². The van der Waals surface area contributed by atoms with E-state index in [1.54, 1.807) is 13.8 Å². The summed E-state index contributed by atoms with van der Waals surface area (Å²) in [6.45, 7) is 3.97. The van der Waals surface area contributed by atoms with Gasteiger partial charge in [0.25, 0.3) is 0 Å². The first kappa shape index (κ1) is 16.3. The van der Waals surface area contributed by atoms with Gasteiger partial charge in [0, 0.05) is 6.54 Å². The molecule has 114 valence electrons. The summed E-state index contributed by atoms with van der Waals surface area (Å²) in [5.41, 5.74) is 5.09. The highest BCUT2D eigenvalue weighted by molar-refractivity contribution is 5.90. The van der Waals surface area contributed by atoms with Gasteiger partial charge < -0.3 is 21.1 Å². The Morgan fingerprint density at radius 3 is 2.40 bits per heavy atom. The summed E-state index contributed by atoms with van der Waals surface area (Å²) in [6, 6.07) is -2.38. The topological polar surface area (TPSA) is 113 Å². The number of amides is 3. The smallest absolute Gasteiger partial charge is 0.326 e. The minimum atomic E-state index is -0.998. The van der Waals surface area contributed by atoms with Crippen LogP contribution in [0, 0.1) is 5.92 Å². The Labute approximate surface area is 118 Å². The van der Waals surface area contributed by atoms with Gasteiger partial charge in [-0.25, -0.2) is 9.59 Å². The maximum absolute atomic E-state index is 12.5. The third kappa shape index (κ3) is 4.11. The van der Waals surface area contributed by atoms with Crippen molar-refractivity contribution in [3.63, 3.8) is 0 Å². The number of carboxylic acids is 1. The molecule has 1 aliphatic rings. The Hall–Kier alpha value is -1.79. The zero-order chi connectivity index (χ0) is 15.3. The average molecular weight is 285 g/mol. The van der Waals surface area contributed by atoms with Gasteiger partial charge in [0.05, 0.1) is 0 Å². The number of nitrogens with one attached hydrogen (secondary N) is 1. The second-order valence-electron chi connectivity index (χ2n) is 5.47. The maximum atomic E-state index is 12.5. The molecule has 0 radical (unpaired) electrons. The molecule has 20 heavy (non-hydrogen) atoms. The molecule has 0 aromatic heterocycles. The van der Waals surface area contributed by atoms with Gasteiger partial charge in [-0.3, -0.25) is 4.79 Å². The predicted octanol–water partition coefficient (Wildman–Crippen LogP) is 0.535. The predicted molar refractivity (Wildman–Crippen MR) is 72.9 cm³/mol. The highest BCUT2D eigenvalue weighted by Crippen LogP contribution is 2.19. The van der Waals surface area contributed by atoms with Crippen molar-refractivity contribution >= 4 is 17.9 Å². The number of nitrogens with two attached hydrogens (primary N) is 1. The minimum Gasteiger partial charge on any atom is -0.480 e. The van der Waals surface area contributed by atoms with Gasteiger partial charge in [-0.05, 0) is 18.8 Å². The largest absolute Gasteiger partial charge is 0.480 e. The number of carbonyl (C=O) groups is 3. The molecule has 2 atom stereocenters. The molecule has 7 nitrogen and oxygen atoms in total. The molecule has 1 saturated heterocycles. The van der Waals surface area contributed by atoms with Gasteiger partial charge in [-0.1, -0.05) is 26.7 Å². The van der Waals surface area contributed by atoms with Crippen LogP contribution in [-0.4, -0.2) is 46.5 Å². The number of carboxylic acid groups (broad SMARTS) is 1. The Kier molecular flexibility index (Phi) is 5.79. The van der Waals surface area contributed by atoms with Crippen LogP contribution in [0.5, 0.6) is 0 Å². The number of nitrogens with zero attached hydrogens (tertiary/aromatic N) is 1. The number of likely N-dealkylation sites (tertiary alicyclic amines) is 1. The Balaban J connectivity index is 2.93. The van der Waals surface area contributed by atoms with Crippen LogP contribution in [0.15, 0.2) is 0 Å².